The van der Waals surface area contributed by atoms with Gasteiger partial charge < -0.3 is 20.1 Å². The second kappa shape index (κ2) is 6.43. The number of rotatable bonds is 5. The summed E-state index contributed by atoms with van der Waals surface area (Å²) in [5.41, 5.74) is 1.06. The Hall–Kier alpha value is -1.75. The minimum atomic E-state index is -0.804. The molecule has 0 aromatic heterocycles. The van der Waals surface area contributed by atoms with Crippen LogP contribution in [0.25, 0.3) is 0 Å². The van der Waals surface area contributed by atoms with E-state index in [9.17, 15) is 4.79 Å². The van der Waals surface area contributed by atoms with Gasteiger partial charge in [-0.05, 0) is 32.0 Å². The average Bonchev–Trinajstić information content (AvgIpc) is 2.62. The second-order valence-corrected chi connectivity index (χ2v) is 4.62. The van der Waals surface area contributed by atoms with Crippen molar-refractivity contribution in [2.45, 2.75) is 18.9 Å². The molecule has 1 atom stereocenters. The second-order valence-electron chi connectivity index (χ2n) is 4.62. The molecular formula is C14H20N2O3. The van der Waals surface area contributed by atoms with Gasteiger partial charge in [-0.25, -0.2) is 0 Å². The van der Waals surface area contributed by atoms with Gasteiger partial charge >= 0.3 is 5.97 Å². The van der Waals surface area contributed by atoms with E-state index in [4.69, 9.17) is 9.84 Å². The third-order valence-corrected chi connectivity index (χ3v) is 3.37. The van der Waals surface area contributed by atoms with Crippen LogP contribution in [0.1, 0.15) is 12.8 Å². The minimum Gasteiger partial charge on any atom is -0.491 e. The maximum absolute atomic E-state index is 11.0. The number of aliphatic carboxylic acids is 1. The molecule has 1 unspecified atom stereocenters. The summed E-state index contributed by atoms with van der Waals surface area (Å²) in [6.45, 7) is 2.31. The van der Waals surface area contributed by atoms with Crippen molar-refractivity contribution in [3.05, 3.63) is 24.3 Å². The molecule has 0 saturated carbocycles. The zero-order valence-corrected chi connectivity index (χ0v) is 11.1. The van der Waals surface area contributed by atoms with Gasteiger partial charge in [-0.15, -0.1) is 0 Å². The lowest BCUT2D eigenvalue weighted by atomic mass is 10.2. The van der Waals surface area contributed by atoms with Crippen LogP contribution in [0, 0.1) is 0 Å². The highest BCUT2D eigenvalue weighted by Crippen LogP contribution is 2.30. The van der Waals surface area contributed by atoms with E-state index >= 15 is 0 Å². The van der Waals surface area contributed by atoms with E-state index in [1.807, 2.05) is 24.3 Å². The van der Waals surface area contributed by atoms with E-state index in [1.165, 1.54) is 0 Å². The van der Waals surface area contributed by atoms with E-state index < -0.39 is 12.0 Å². The average molecular weight is 264 g/mol. The standard InChI is InChI=1S/C14H20N2O3/c1-15-11(14(17)18)7-9-16-8-4-10-19-13-6-3-2-5-12(13)16/h2-3,5-6,11,15H,4,7-10H2,1H3,(H,17,18). The van der Waals surface area contributed by atoms with Crippen LogP contribution in [-0.4, -0.2) is 43.9 Å². The summed E-state index contributed by atoms with van der Waals surface area (Å²) >= 11 is 0. The lowest BCUT2D eigenvalue weighted by Crippen LogP contribution is -2.38. The zero-order chi connectivity index (χ0) is 13.7. The van der Waals surface area contributed by atoms with Gasteiger partial charge in [-0.3, -0.25) is 4.79 Å². The number of carboxylic acids is 1. The summed E-state index contributed by atoms with van der Waals surface area (Å²) in [4.78, 5) is 13.2. The number of nitrogens with zero attached hydrogens (tertiary/aromatic N) is 1. The van der Waals surface area contributed by atoms with Crippen molar-refractivity contribution in [3.8, 4) is 5.75 Å². The van der Waals surface area contributed by atoms with E-state index in [2.05, 4.69) is 10.2 Å². The van der Waals surface area contributed by atoms with Gasteiger partial charge in [0.1, 0.15) is 11.8 Å². The Bertz CT molecular complexity index is 436. The molecule has 19 heavy (non-hydrogen) atoms. The minimum absolute atomic E-state index is 0.503. The molecule has 0 fully saturated rings. The summed E-state index contributed by atoms with van der Waals surface area (Å²) in [6, 6.07) is 7.41. The monoisotopic (exact) mass is 264 g/mol. The molecule has 2 rings (SSSR count). The van der Waals surface area contributed by atoms with Crippen LogP contribution in [0.15, 0.2) is 24.3 Å². The molecule has 0 radical (unpaired) electrons. The molecular weight excluding hydrogens is 244 g/mol. The highest BCUT2D eigenvalue weighted by Gasteiger charge is 2.19. The zero-order valence-electron chi connectivity index (χ0n) is 11.1. The molecule has 2 N–H and O–H groups in total. The van der Waals surface area contributed by atoms with E-state index in [-0.39, 0.29) is 0 Å². The van der Waals surface area contributed by atoms with Gasteiger partial charge in [0, 0.05) is 13.1 Å². The third kappa shape index (κ3) is 3.38. The van der Waals surface area contributed by atoms with E-state index in [1.54, 1.807) is 7.05 Å². The topological polar surface area (TPSA) is 61.8 Å². The number of anilines is 1. The van der Waals surface area contributed by atoms with Crippen LogP contribution >= 0.6 is 0 Å². The first kappa shape index (κ1) is 13.7. The fourth-order valence-corrected chi connectivity index (χ4v) is 2.31. The predicted octanol–water partition coefficient (Wildman–Crippen LogP) is 1.34. The first-order chi connectivity index (χ1) is 9.22. The maximum Gasteiger partial charge on any atom is 0.320 e. The van der Waals surface area contributed by atoms with Crippen molar-refractivity contribution >= 4 is 11.7 Å². The quantitative estimate of drug-likeness (QED) is 0.840. The molecule has 0 spiro atoms. The Kier molecular flexibility index (Phi) is 4.63. The summed E-state index contributed by atoms with van der Waals surface area (Å²) in [5.74, 6) is 0.0817. The fraction of sp³-hybridized carbons (Fsp3) is 0.500. The van der Waals surface area contributed by atoms with Gasteiger partial charge in [0.15, 0.2) is 0 Å². The van der Waals surface area contributed by atoms with Gasteiger partial charge in [0.05, 0.1) is 12.3 Å². The normalized spacial score (nSPS) is 16.2. The van der Waals surface area contributed by atoms with E-state index in [0.29, 0.717) is 19.6 Å². The number of likely N-dealkylation sites (N-methyl/N-ethyl adjacent to an activating group) is 1. The van der Waals surface area contributed by atoms with Crippen molar-refractivity contribution in [1.29, 1.82) is 0 Å². The van der Waals surface area contributed by atoms with Gasteiger partial charge in [-0.2, -0.15) is 0 Å². The Morgan fingerprint density at radius 3 is 3.05 bits per heavy atom. The number of hydrogen-bond donors (Lipinski definition) is 2. The molecule has 0 bridgehead atoms. The summed E-state index contributed by atoms with van der Waals surface area (Å²) in [6.07, 6.45) is 1.52. The summed E-state index contributed by atoms with van der Waals surface area (Å²) in [5, 5.41) is 11.9. The van der Waals surface area contributed by atoms with Crippen LogP contribution < -0.4 is 15.0 Å². The fourth-order valence-electron chi connectivity index (χ4n) is 2.31. The number of hydrogen-bond acceptors (Lipinski definition) is 4. The first-order valence-electron chi connectivity index (χ1n) is 6.59. The van der Waals surface area contributed by atoms with Crippen LogP contribution in [-0.2, 0) is 4.79 Å². The molecule has 1 aromatic carbocycles. The molecule has 0 aliphatic carbocycles. The first-order valence-corrected chi connectivity index (χ1v) is 6.59. The molecule has 5 heteroatoms. The molecule has 1 heterocycles. The number of fused-ring (bicyclic) bond motifs is 1. The number of para-hydroxylation sites is 2. The predicted molar refractivity (Wildman–Crippen MR) is 73.9 cm³/mol. The van der Waals surface area contributed by atoms with Crippen molar-refractivity contribution < 1.29 is 14.6 Å². The number of carboxylic acid groups (broad SMARTS) is 1. The lowest BCUT2D eigenvalue weighted by Gasteiger charge is -2.25. The lowest BCUT2D eigenvalue weighted by molar-refractivity contribution is -0.139. The largest absolute Gasteiger partial charge is 0.491 e. The summed E-state index contributed by atoms with van der Waals surface area (Å²) < 4.78 is 5.69. The number of benzene rings is 1. The molecule has 104 valence electrons. The molecule has 0 amide bonds. The number of ether oxygens (including phenoxy) is 1. The number of carbonyl (C=O) groups is 1. The SMILES string of the molecule is CNC(CCN1CCCOc2ccccc21)C(=O)O. The smallest absolute Gasteiger partial charge is 0.320 e. The Labute approximate surface area is 113 Å². The van der Waals surface area contributed by atoms with Crippen LogP contribution in [0.4, 0.5) is 5.69 Å². The van der Waals surface area contributed by atoms with E-state index in [0.717, 1.165) is 24.4 Å². The van der Waals surface area contributed by atoms with Crippen molar-refractivity contribution in [3.63, 3.8) is 0 Å². The van der Waals surface area contributed by atoms with Crippen LogP contribution in [0.5, 0.6) is 5.75 Å². The Morgan fingerprint density at radius 2 is 2.32 bits per heavy atom. The van der Waals surface area contributed by atoms with Crippen molar-refractivity contribution in [1.82, 2.24) is 5.32 Å². The van der Waals surface area contributed by atoms with Crippen molar-refractivity contribution in [2.75, 3.05) is 31.6 Å². The summed E-state index contributed by atoms with van der Waals surface area (Å²) in [7, 11) is 1.68. The molecule has 0 saturated heterocycles. The van der Waals surface area contributed by atoms with Crippen molar-refractivity contribution in [2.24, 2.45) is 0 Å². The van der Waals surface area contributed by atoms with Crippen LogP contribution in [0.2, 0.25) is 0 Å². The van der Waals surface area contributed by atoms with Gasteiger partial charge in [0.25, 0.3) is 0 Å². The highest BCUT2D eigenvalue weighted by molar-refractivity contribution is 5.73. The molecule has 1 aromatic rings. The Balaban J connectivity index is 2.05. The van der Waals surface area contributed by atoms with Gasteiger partial charge in [0.2, 0.25) is 0 Å². The van der Waals surface area contributed by atoms with Crippen LogP contribution in [0.3, 0.4) is 0 Å². The maximum atomic E-state index is 11.0. The third-order valence-electron chi connectivity index (χ3n) is 3.37. The molecule has 1 aliphatic rings. The Morgan fingerprint density at radius 1 is 1.53 bits per heavy atom. The van der Waals surface area contributed by atoms with Gasteiger partial charge in [-0.1, -0.05) is 12.1 Å². The molecule has 1 aliphatic heterocycles. The molecule has 5 nitrogen and oxygen atoms in total. The number of nitrogens with one attached hydrogen (secondary N) is 1. The highest BCUT2D eigenvalue weighted by atomic mass is 16.5.